The van der Waals surface area contributed by atoms with Gasteiger partial charge in [-0.25, -0.2) is 21.6 Å². The van der Waals surface area contributed by atoms with Gasteiger partial charge in [-0.1, -0.05) is 129 Å². The number of phenols is 1. The molecule has 17 heteroatoms. The Hall–Kier alpha value is -3.90. The molecule has 346 valence electrons. The van der Waals surface area contributed by atoms with E-state index in [1.54, 1.807) is 12.1 Å². The number of alkyl halides is 1. The Morgan fingerprint density at radius 1 is 0.581 bits per heavy atom. The van der Waals surface area contributed by atoms with E-state index in [9.17, 15) is 16.8 Å². The quantitative estimate of drug-likeness (QED) is 0.0476. The molecule has 0 amide bonds. The molecule has 0 unspecified atom stereocenters. The van der Waals surface area contributed by atoms with Gasteiger partial charge in [-0.05, 0) is 87.8 Å². The molecule has 11 nitrogen and oxygen atoms in total. The van der Waals surface area contributed by atoms with Crippen molar-refractivity contribution in [1.29, 1.82) is 0 Å². The number of aryl methyl sites for hydroxylation is 2. The van der Waals surface area contributed by atoms with Crippen LogP contribution in [0.15, 0.2) is 139 Å². The number of aromatic hydroxyl groups is 1. The monoisotopic (exact) mass is 957 g/mol. The van der Waals surface area contributed by atoms with E-state index in [1.807, 2.05) is 42.5 Å². The first kappa shape index (κ1) is 62.4. The van der Waals surface area contributed by atoms with Gasteiger partial charge in [-0.2, -0.15) is 0 Å². The molecule has 0 heterocycles. The highest BCUT2D eigenvalue weighted by molar-refractivity contribution is 8.13. The number of fused-ring (bicyclic) bond motifs is 3. The molecule has 0 aromatic heterocycles. The molecule has 0 bridgehead atoms. The van der Waals surface area contributed by atoms with Gasteiger partial charge < -0.3 is 38.5 Å². The van der Waals surface area contributed by atoms with Gasteiger partial charge in [0.15, 0.2) is 0 Å². The molecule has 0 aliphatic carbocycles. The molecule has 0 fully saturated rings. The van der Waals surface area contributed by atoms with Crippen molar-refractivity contribution in [3.8, 4) is 5.75 Å². The summed E-state index contributed by atoms with van der Waals surface area (Å²) < 4.78 is 44.6. The van der Waals surface area contributed by atoms with Crippen LogP contribution in [0.3, 0.4) is 0 Å². The van der Waals surface area contributed by atoms with Gasteiger partial charge in [0.1, 0.15) is 5.75 Å². The van der Waals surface area contributed by atoms with E-state index in [2.05, 4.69) is 84.1 Å². The number of benzene rings is 6. The van der Waals surface area contributed by atoms with Gasteiger partial charge in [0, 0.05) is 54.7 Å². The number of nitrogens with two attached hydrogens (primary N) is 5. The van der Waals surface area contributed by atoms with Gasteiger partial charge in [-0.3, -0.25) is 0 Å². The predicted octanol–water partition coefficient (Wildman–Crippen LogP) is 4.78. The van der Waals surface area contributed by atoms with Crippen LogP contribution in [-0.2, 0) is 31.9 Å². The maximum Gasteiger partial charge on any atom is 0.233 e. The highest BCUT2D eigenvalue weighted by atomic mass is 35.7. The summed E-state index contributed by atoms with van der Waals surface area (Å²) in [4.78, 5) is 0. The molecule has 6 aromatic rings. The highest BCUT2D eigenvalue weighted by Crippen LogP contribution is 2.19. The number of nitrogens with one attached hydrogen (secondary N) is 1. The van der Waals surface area contributed by atoms with Crippen molar-refractivity contribution in [2.24, 2.45) is 28.7 Å². The number of hydrogen-bond donors (Lipinski definition) is 7. The van der Waals surface area contributed by atoms with Gasteiger partial charge in [0.2, 0.25) is 19.1 Å². The van der Waals surface area contributed by atoms with Crippen molar-refractivity contribution in [2.75, 3.05) is 50.9 Å². The molecule has 6 aromatic carbocycles. The van der Waals surface area contributed by atoms with Crippen molar-refractivity contribution in [1.82, 2.24) is 4.72 Å². The van der Waals surface area contributed by atoms with Crippen LogP contribution in [0, 0.1) is 0 Å². The minimum Gasteiger partial charge on any atom is -1.00 e. The molecule has 0 spiro atoms. The average molecular weight is 960 g/mol. The first-order valence-corrected chi connectivity index (χ1v) is 23.6. The van der Waals surface area contributed by atoms with E-state index < -0.39 is 19.1 Å². The summed E-state index contributed by atoms with van der Waals surface area (Å²) in [5.41, 5.74) is 27.7. The summed E-state index contributed by atoms with van der Waals surface area (Å²) in [5.74, 6) is 0.228. The number of sulfonamides is 1. The van der Waals surface area contributed by atoms with Crippen LogP contribution in [0.1, 0.15) is 31.4 Å². The Labute approximate surface area is 384 Å². The van der Waals surface area contributed by atoms with Crippen molar-refractivity contribution in [3.63, 3.8) is 0 Å². The highest BCUT2D eigenvalue weighted by Gasteiger charge is 2.03. The Bertz CT molecular complexity index is 2300. The number of rotatable bonds is 13. The maximum atomic E-state index is 11.2. The SMILES string of the molecule is C.C=CS(=O)(=O)NCCCc1ccc2ccccc2c1.Cl.NCCCc1ccc2ccccc2c1.NCCN.NCCN.O=S(=O)(Cl)CCCl.Oc1ccc2ccccc2c1.[F-]. The van der Waals surface area contributed by atoms with Crippen LogP contribution in [0.4, 0.5) is 0 Å². The zero-order chi connectivity index (χ0) is 43.9. The average Bonchev–Trinajstić information content (AvgIpc) is 3.24. The molecule has 0 saturated carbocycles. The Morgan fingerprint density at radius 2 is 0.952 bits per heavy atom. The molecule has 0 radical (unpaired) electrons. The summed E-state index contributed by atoms with van der Waals surface area (Å²) in [6.45, 7) is 6.84. The molecule has 12 N–H and O–H groups in total. The van der Waals surface area contributed by atoms with E-state index >= 15 is 0 Å². The second kappa shape index (κ2) is 36.6. The smallest absolute Gasteiger partial charge is 0.233 e. The fraction of sp³-hybridized carbons (Fsp3) is 0.289. The second-order valence-corrected chi connectivity index (χ2v) is 17.6. The Kier molecular flexibility index (Phi) is 36.8. The Balaban J connectivity index is -0.000000723. The van der Waals surface area contributed by atoms with Gasteiger partial charge in [0.25, 0.3) is 0 Å². The third-order valence-corrected chi connectivity index (χ3v) is 10.5. The fourth-order valence-electron chi connectivity index (χ4n) is 4.93. The molecular formula is C45H65Cl3FN6O5S2-. The first-order valence-electron chi connectivity index (χ1n) is 19.0. The van der Waals surface area contributed by atoms with Crippen molar-refractivity contribution < 1.29 is 26.6 Å². The summed E-state index contributed by atoms with van der Waals surface area (Å²) in [7, 11) is -1.91. The van der Waals surface area contributed by atoms with E-state index in [0.717, 1.165) is 48.4 Å². The van der Waals surface area contributed by atoms with Gasteiger partial charge in [-0.15, -0.1) is 24.0 Å². The molecule has 62 heavy (non-hydrogen) atoms. The largest absolute Gasteiger partial charge is 1.00 e. The van der Waals surface area contributed by atoms with Crippen LogP contribution in [0.2, 0.25) is 0 Å². The lowest BCUT2D eigenvalue weighted by Gasteiger charge is -2.05. The zero-order valence-corrected chi connectivity index (χ0v) is 38.2. The van der Waals surface area contributed by atoms with Crippen LogP contribution in [-0.4, -0.2) is 72.8 Å². The second-order valence-electron chi connectivity index (χ2n) is 12.6. The minimum absolute atomic E-state index is 0. The Morgan fingerprint density at radius 3 is 1.29 bits per heavy atom. The molecule has 6 rings (SSSR count). The van der Waals surface area contributed by atoms with Crippen molar-refractivity contribution >= 4 is 86.1 Å². The van der Waals surface area contributed by atoms with Crippen LogP contribution in [0.5, 0.6) is 5.75 Å². The third-order valence-electron chi connectivity index (χ3n) is 7.85. The van der Waals surface area contributed by atoms with Crippen LogP contribution >= 0.6 is 34.7 Å². The predicted molar refractivity (Wildman–Crippen MR) is 267 cm³/mol. The number of hydrogen-bond acceptors (Lipinski definition) is 10. The standard InChI is InChI=1S/C15H17NO2S.C13H15N.C10H8O.C2H4Cl2O2S.2C2H8N2.CH4.ClH.FH/c1-2-19(17,18)16-11-5-6-13-9-10-14-7-3-4-8-15(14)12-13;14-9-3-4-11-7-8-12-5-1-2-6-13(12)10-11;11-10-6-5-8-3-1-2-4-9(8)7-10;3-1-2-7(4,5)6;2*3-1-2-4;;;/h2-4,7-10,12,16H,1,5-6,11H2;1-2,5-8,10H,3-4,9,14H2;1-7,11H;1-2H2;2*1-4H2;1H4;2*1H/p-1. The minimum atomic E-state index is -3.33. The van der Waals surface area contributed by atoms with Gasteiger partial charge >= 0.3 is 0 Å². The van der Waals surface area contributed by atoms with Crippen molar-refractivity contribution in [3.05, 3.63) is 151 Å². The van der Waals surface area contributed by atoms with E-state index in [4.69, 9.17) is 56.1 Å². The summed E-state index contributed by atoms with van der Waals surface area (Å²) >= 11 is 5.02. The molecular weight excluding hydrogens is 894 g/mol. The number of phenolic OH excluding ortho intramolecular Hbond substituents is 1. The van der Waals surface area contributed by atoms with Crippen LogP contribution in [0.25, 0.3) is 32.3 Å². The van der Waals surface area contributed by atoms with Gasteiger partial charge in [0.05, 0.1) is 5.75 Å². The third kappa shape index (κ3) is 28.7. The molecule has 0 aliphatic heterocycles. The van der Waals surface area contributed by atoms with Crippen LogP contribution < -0.4 is 38.1 Å². The maximum absolute atomic E-state index is 11.2. The molecule has 0 atom stereocenters. The zero-order valence-electron chi connectivity index (χ0n) is 34.2. The molecule has 0 aliphatic rings. The first-order chi connectivity index (χ1) is 28.3. The lowest BCUT2D eigenvalue weighted by atomic mass is 10.0. The fourth-order valence-corrected chi connectivity index (χ4v) is 6.74. The lowest BCUT2D eigenvalue weighted by molar-refractivity contribution is -0.0000185. The van der Waals surface area contributed by atoms with Crippen molar-refractivity contribution in [2.45, 2.75) is 33.1 Å². The van der Waals surface area contributed by atoms with E-state index in [0.29, 0.717) is 38.5 Å². The lowest BCUT2D eigenvalue weighted by Crippen LogP contribution is -3.00. The number of halogens is 4. The normalized spacial score (nSPS) is 10.0. The summed E-state index contributed by atoms with van der Waals surface area (Å²) in [6.07, 6.45) is 3.77. The topological polar surface area (TPSA) is 231 Å². The summed E-state index contributed by atoms with van der Waals surface area (Å²) in [5, 5.41) is 17.4. The summed E-state index contributed by atoms with van der Waals surface area (Å²) in [6, 6.07) is 42.9. The molecule has 0 saturated heterocycles. The van der Waals surface area contributed by atoms with E-state index in [-0.39, 0.29) is 36.2 Å². The van der Waals surface area contributed by atoms with E-state index in [1.165, 1.54) is 32.7 Å².